The van der Waals surface area contributed by atoms with E-state index in [2.05, 4.69) is 29.1 Å². The summed E-state index contributed by atoms with van der Waals surface area (Å²) < 4.78 is 0. The van der Waals surface area contributed by atoms with Crippen molar-refractivity contribution in [3.63, 3.8) is 0 Å². The second-order valence-corrected chi connectivity index (χ2v) is 6.95. The summed E-state index contributed by atoms with van der Waals surface area (Å²) in [4.78, 5) is 18.3. The number of nitrogens with one attached hydrogen (secondary N) is 2. The highest BCUT2D eigenvalue weighted by molar-refractivity contribution is 14.0. The molecule has 0 radical (unpaired) electrons. The molecule has 0 saturated carbocycles. The van der Waals surface area contributed by atoms with Crippen molar-refractivity contribution in [3.05, 3.63) is 42.5 Å². The number of halogens is 1. The highest BCUT2D eigenvalue weighted by Crippen LogP contribution is 2.21. The number of hydrogen-bond acceptors (Lipinski definition) is 3. The van der Waals surface area contributed by atoms with E-state index in [1.807, 2.05) is 47.0 Å². The maximum atomic E-state index is 11.8. The Morgan fingerprint density at radius 2 is 2.12 bits per heavy atom. The third-order valence-electron chi connectivity index (χ3n) is 3.86. The lowest BCUT2D eigenvalue weighted by Gasteiger charge is -2.16. The summed E-state index contributed by atoms with van der Waals surface area (Å²) in [6.07, 6.45) is 3.53. The van der Waals surface area contributed by atoms with E-state index in [9.17, 15) is 4.79 Å². The van der Waals surface area contributed by atoms with E-state index < -0.39 is 0 Å². The summed E-state index contributed by atoms with van der Waals surface area (Å²) in [6.45, 7) is 8.94. The van der Waals surface area contributed by atoms with E-state index in [0.717, 1.165) is 54.8 Å². The van der Waals surface area contributed by atoms with Gasteiger partial charge in [-0.2, -0.15) is 11.8 Å². The number of rotatable bonds is 9. The standard InChI is InChI=1S/C19H28N4OS.HI/c1-3-13-25-14-11-21-19(20-4-2)22-15-16-7-9-17(10-8-16)23-12-5-6-18(23)24;/h3,7-10H,1,4-6,11-15H2,2H3,(H2,20,21,22);1H. The van der Waals surface area contributed by atoms with Crippen molar-refractivity contribution in [1.29, 1.82) is 0 Å². The smallest absolute Gasteiger partial charge is 0.227 e. The Kier molecular flexibility index (Phi) is 11.4. The van der Waals surface area contributed by atoms with Gasteiger partial charge in [0.1, 0.15) is 0 Å². The zero-order chi connectivity index (χ0) is 17.9. The van der Waals surface area contributed by atoms with Gasteiger partial charge >= 0.3 is 0 Å². The molecule has 0 spiro atoms. The van der Waals surface area contributed by atoms with Gasteiger partial charge in [0.2, 0.25) is 5.91 Å². The first kappa shape index (κ1) is 22.8. The van der Waals surface area contributed by atoms with Crippen molar-refractivity contribution in [2.75, 3.05) is 36.0 Å². The first-order chi connectivity index (χ1) is 12.2. The van der Waals surface area contributed by atoms with Crippen molar-refractivity contribution >= 4 is 53.3 Å². The Balaban J connectivity index is 0.00000338. The number of anilines is 1. The van der Waals surface area contributed by atoms with Crippen LogP contribution in [0, 0.1) is 0 Å². The largest absolute Gasteiger partial charge is 0.357 e. The molecule has 1 fully saturated rings. The van der Waals surface area contributed by atoms with Gasteiger partial charge in [-0.3, -0.25) is 4.79 Å². The maximum absolute atomic E-state index is 11.8. The molecule has 2 rings (SSSR count). The maximum Gasteiger partial charge on any atom is 0.227 e. The molecule has 1 aliphatic heterocycles. The minimum atomic E-state index is 0. The fraction of sp³-hybridized carbons (Fsp3) is 0.474. The molecule has 5 nitrogen and oxygen atoms in total. The number of nitrogens with zero attached hydrogens (tertiary/aromatic N) is 2. The number of carbonyl (C=O) groups excluding carboxylic acids is 1. The zero-order valence-electron chi connectivity index (χ0n) is 15.4. The molecule has 0 atom stereocenters. The quantitative estimate of drug-likeness (QED) is 0.184. The topological polar surface area (TPSA) is 56.7 Å². The van der Waals surface area contributed by atoms with Crippen LogP contribution in [0.1, 0.15) is 25.3 Å². The van der Waals surface area contributed by atoms with Crippen LogP contribution in [0.15, 0.2) is 41.9 Å². The average Bonchev–Trinajstić information content (AvgIpc) is 3.06. The van der Waals surface area contributed by atoms with Crippen LogP contribution in [-0.4, -0.2) is 43.0 Å². The lowest BCUT2D eigenvalue weighted by molar-refractivity contribution is -0.117. The zero-order valence-corrected chi connectivity index (χ0v) is 18.5. The number of aliphatic imine (C=N–C) groups is 1. The van der Waals surface area contributed by atoms with Gasteiger partial charge in [-0.15, -0.1) is 30.6 Å². The molecule has 1 aliphatic rings. The molecule has 1 aromatic carbocycles. The van der Waals surface area contributed by atoms with Crippen LogP contribution in [0.25, 0.3) is 0 Å². The van der Waals surface area contributed by atoms with Crippen LogP contribution in [0.2, 0.25) is 0 Å². The van der Waals surface area contributed by atoms with Crippen LogP contribution >= 0.6 is 35.7 Å². The number of carbonyl (C=O) groups is 1. The van der Waals surface area contributed by atoms with Crippen molar-refractivity contribution < 1.29 is 4.79 Å². The minimum absolute atomic E-state index is 0. The Morgan fingerprint density at radius 1 is 1.35 bits per heavy atom. The SMILES string of the molecule is C=CCSCCNC(=NCc1ccc(N2CCCC2=O)cc1)NCC.I. The second-order valence-electron chi connectivity index (χ2n) is 5.80. The van der Waals surface area contributed by atoms with Gasteiger partial charge in [0.05, 0.1) is 6.54 Å². The number of hydrogen-bond donors (Lipinski definition) is 2. The summed E-state index contributed by atoms with van der Waals surface area (Å²) >= 11 is 1.85. The van der Waals surface area contributed by atoms with Gasteiger partial charge in [0.25, 0.3) is 0 Å². The van der Waals surface area contributed by atoms with Crippen molar-refractivity contribution in [2.45, 2.75) is 26.3 Å². The third kappa shape index (κ3) is 7.57. The van der Waals surface area contributed by atoms with Crippen molar-refractivity contribution in [2.24, 2.45) is 4.99 Å². The van der Waals surface area contributed by atoms with Gasteiger partial charge in [0.15, 0.2) is 5.96 Å². The molecule has 1 heterocycles. The highest BCUT2D eigenvalue weighted by atomic mass is 127. The summed E-state index contributed by atoms with van der Waals surface area (Å²) in [7, 11) is 0. The number of amides is 1. The molecule has 1 saturated heterocycles. The summed E-state index contributed by atoms with van der Waals surface area (Å²) in [5.41, 5.74) is 2.12. The molecule has 26 heavy (non-hydrogen) atoms. The van der Waals surface area contributed by atoms with E-state index in [4.69, 9.17) is 0 Å². The first-order valence-electron chi connectivity index (χ1n) is 8.84. The molecular formula is C19H29IN4OS. The average molecular weight is 488 g/mol. The fourth-order valence-corrected chi connectivity index (χ4v) is 3.20. The molecule has 1 amide bonds. The van der Waals surface area contributed by atoms with Crippen molar-refractivity contribution in [3.8, 4) is 0 Å². The Labute approximate surface area is 178 Å². The van der Waals surface area contributed by atoms with E-state index in [1.165, 1.54) is 0 Å². The van der Waals surface area contributed by atoms with E-state index in [1.54, 1.807) is 0 Å². The van der Waals surface area contributed by atoms with Crippen LogP contribution in [0.5, 0.6) is 0 Å². The Bertz CT molecular complexity index is 592. The number of guanidine groups is 1. The number of thioether (sulfide) groups is 1. The van der Waals surface area contributed by atoms with Crippen LogP contribution in [0.4, 0.5) is 5.69 Å². The molecular weight excluding hydrogens is 459 g/mol. The van der Waals surface area contributed by atoms with Gasteiger partial charge in [-0.05, 0) is 31.0 Å². The van der Waals surface area contributed by atoms with Crippen LogP contribution in [0.3, 0.4) is 0 Å². The summed E-state index contributed by atoms with van der Waals surface area (Å²) in [5, 5.41) is 6.60. The minimum Gasteiger partial charge on any atom is -0.357 e. The number of benzene rings is 1. The predicted molar refractivity (Wildman–Crippen MR) is 124 cm³/mol. The van der Waals surface area contributed by atoms with E-state index in [-0.39, 0.29) is 29.9 Å². The van der Waals surface area contributed by atoms with Crippen LogP contribution in [-0.2, 0) is 11.3 Å². The summed E-state index contributed by atoms with van der Waals surface area (Å²) in [5.74, 6) is 3.05. The lowest BCUT2D eigenvalue weighted by Crippen LogP contribution is -2.38. The highest BCUT2D eigenvalue weighted by Gasteiger charge is 2.21. The van der Waals surface area contributed by atoms with Gasteiger partial charge in [0, 0.05) is 43.2 Å². The first-order valence-corrected chi connectivity index (χ1v) is 10.00. The predicted octanol–water partition coefficient (Wildman–Crippen LogP) is 3.41. The molecule has 2 N–H and O–H groups in total. The van der Waals surface area contributed by atoms with E-state index >= 15 is 0 Å². The Morgan fingerprint density at radius 3 is 2.73 bits per heavy atom. The molecule has 0 bridgehead atoms. The second kappa shape index (κ2) is 13.0. The lowest BCUT2D eigenvalue weighted by atomic mass is 10.2. The third-order valence-corrected chi connectivity index (χ3v) is 4.82. The van der Waals surface area contributed by atoms with Gasteiger partial charge < -0.3 is 15.5 Å². The van der Waals surface area contributed by atoms with Gasteiger partial charge in [-0.1, -0.05) is 18.2 Å². The molecule has 0 unspecified atom stereocenters. The van der Waals surface area contributed by atoms with Crippen molar-refractivity contribution in [1.82, 2.24) is 10.6 Å². The van der Waals surface area contributed by atoms with Gasteiger partial charge in [-0.25, -0.2) is 4.99 Å². The van der Waals surface area contributed by atoms with E-state index in [0.29, 0.717) is 13.0 Å². The summed E-state index contributed by atoms with van der Waals surface area (Å²) in [6, 6.07) is 8.13. The fourth-order valence-electron chi connectivity index (χ4n) is 2.62. The molecule has 0 aliphatic carbocycles. The normalized spacial score (nSPS) is 14.1. The monoisotopic (exact) mass is 488 g/mol. The molecule has 1 aromatic rings. The molecule has 0 aromatic heterocycles. The molecule has 7 heteroatoms. The molecule has 144 valence electrons. The van der Waals surface area contributed by atoms with Crippen LogP contribution < -0.4 is 15.5 Å². The Hall–Kier alpha value is -1.22.